The summed E-state index contributed by atoms with van der Waals surface area (Å²) in [5.74, 6) is 0.673. The van der Waals surface area contributed by atoms with Gasteiger partial charge in [0.15, 0.2) is 0 Å². The Morgan fingerprint density at radius 2 is 1.70 bits per heavy atom. The molecule has 2 aromatic carbocycles. The summed E-state index contributed by atoms with van der Waals surface area (Å²) in [6, 6.07) is 16.7. The maximum Gasteiger partial charge on any atom is 0.410 e. The molecule has 1 aliphatic carbocycles. The topological polar surface area (TPSA) is 141 Å². The van der Waals surface area contributed by atoms with Gasteiger partial charge in [0.2, 0.25) is 11.8 Å². The minimum Gasteiger partial charge on any atom is -0.496 e. The lowest BCUT2D eigenvalue weighted by Gasteiger charge is -2.29. The molecular formula is C43H49Cl2N5O7. The van der Waals surface area contributed by atoms with E-state index < -0.39 is 17.2 Å². The van der Waals surface area contributed by atoms with E-state index >= 15 is 0 Å². The van der Waals surface area contributed by atoms with Crippen LogP contribution in [0.2, 0.25) is 10.0 Å². The number of carbonyl (C=O) groups excluding carboxylic acids is 3. The second kappa shape index (κ2) is 17.3. The predicted octanol–water partition coefficient (Wildman–Crippen LogP) is 8.39. The third-order valence-electron chi connectivity index (χ3n) is 9.79. The summed E-state index contributed by atoms with van der Waals surface area (Å²) in [6.07, 6.45) is 3.49. The lowest BCUT2D eigenvalue weighted by atomic mass is 9.99. The minimum absolute atomic E-state index is 0.0375. The van der Waals surface area contributed by atoms with Gasteiger partial charge in [-0.1, -0.05) is 53.5 Å². The molecule has 2 aliphatic rings. The summed E-state index contributed by atoms with van der Waals surface area (Å²) in [5.41, 5.74) is 4.01. The lowest BCUT2D eigenvalue weighted by molar-refractivity contribution is -0.151. The first kappa shape index (κ1) is 41.7. The molecular weight excluding hydrogens is 769 g/mol. The number of hydrogen-bond donors (Lipinski definition) is 2. The number of methoxy groups -OCH3 is 2. The predicted molar refractivity (Wildman–Crippen MR) is 219 cm³/mol. The Bertz CT molecular complexity index is 2150. The summed E-state index contributed by atoms with van der Waals surface area (Å²) in [7, 11) is 3.12. The van der Waals surface area contributed by atoms with Crippen LogP contribution in [0.25, 0.3) is 33.6 Å². The van der Waals surface area contributed by atoms with E-state index in [1.54, 1.807) is 18.2 Å². The standard InChI is InChI=1S/C43H49Cl2N5O7/c1-25(2)56-40(52)43(18-19-43)47-22-27-12-11-26(21-34(27)54-6)38-37(45)31(17-20-46-38)30-9-8-10-32(36(30)44)33-15-13-28(39(49-33)55-7)23-50(41(53)57-42(3,4)5)24-29-14-16-35(51)48-29/h8-13,15,17,20-21,25,29,47H,14,16,18-19,22-24H2,1-7H3,(H,48,51)/t29-/m0/s1. The van der Waals surface area contributed by atoms with E-state index in [1.807, 2.05) is 89.2 Å². The Hall–Kier alpha value is -4.91. The van der Waals surface area contributed by atoms with Crippen LogP contribution < -0.4 is 20.1 Å². The van der Waals surface area contributed by atoms with E-state index in [2.05, 4.69) is 15.6 Å². The van der Waals surface area contributed by atoms with Crippen molar-refractivity contribution in [3.05, 3.63) is 82.0 Å². The Morgan fingerprint density at radius 3 is 2.35 bits per heavy atom. The number of aromatic nitrogens is 2. The van der Waals surface area contributed by atoms with Crippen LogP contribution in [-0.4, -0.2) is 76.9 Å². The Labute approximate surface area is 343 Å². The number of ether oxygens (including phenoxy) is 4. The summed E-state index contributed by atoms with van der Waals surface area (Å²) in [6.45, 7) is 9.96. The fourth-order valence-corrected chi connectivity index (χ4v) is 7.38. The van der Waals surface area contributed by atoms with Crippen molar-refractivity contribution in [1.82, 2.24) is 25.5 Å². The van der Waals surface area contributed by atoms with E-state index in [0.717, 1.165) is 24.0 Å². The molecule has 2 N–H and O–H groups in total. The highest BCUT2D eigenvalue weighted by Crippen LogP contribution is 2.43. The van der Waals surface area contributed by atoms with Gasteiger partial charge in [-0.3, -0.25) is 19.9 Å². The summed E-state index contributed by atoms with van der Waals surface area (Å²) in [5, 5.41) is 7.14. The number of benzene rings is 2. The fourth-order valence-electron chi connectivity index (χ4n) is 6.73. The number of esters is 1. The van der Waals surface area contributed by atoms with Crippen molar-refractivity contribution >= 4 is 41.2 Å². The van der Waals surface area contributed by atoms with E-state index in [4.69, 9.17) is 47.1 Å². The van der Waals surface area contributed by atoms with Crippen molar-refractivity contribution in [2.75, 3.05) is 20.8 Å². The minimum atomic E-state index is -0.706. The van der Waals surface area contributed by atoms with Gasteiger partial charge in [-0.15, -0.1) is 0 Å². The van der Waals surface area contributed by atoms with Crippen LogP contribution in [0.5, 0.6) is 11.6 Å². The zero-order chi connectivity index (χ0) is 41.1. The largest absolute Gasteiger partial charge is 0.496 e. The molecule has 0 unspecified atom stereocenters. The molecule has 2 fully saturated rings. The molecule has 3 heterocycles. The quantitative estimate of drug-likeness (QED) is 0.119. The van der Waals surface area contributed by atoms with Crippen molar-refractivity contribution < 1.29 is 33.3 Å². The highest BCUT2D eigenvalue weighted by atomic mass is 35.5. The van der Waals surface area contributed by atoms with E-state index in [0.29, 0.717) is 74.7 Å². The van der Waals surface area contributed by atoms with Gasteiger partial charge >= 0.3 is 12.1 Å². The Kier molecular flexibility index (Phi) is 12.7. The van der Waals surface area contributed by atoms with E-state index in [-0.39, 0.29) is 37.1 Å². The van der Waals surface area contributed by atoms with Crippen LogP contribution in [0.15, 0.2) is 60.8 Å². The molecule has 12 nitrogen and oxygen atoms in total. The van der Waals surface area contributed by atoms with Gasteiger partial charge in [0, 0.05) is 65.1 Å². The van der Waals surface area contributed by atoms with Crippen molar-refractivity contribution in [3.8, 4) is 45.3 Å². The van der Waals surface area contributed by atoms with Crippen LogP contribution >= 0.6 is 23.2 Å². The van der Waals surface area contributed by atoms with Gasteiger partial charge in [-0.2, -0.15) is 0 Å². The van der Waals surface area contributed by atoms with Crippen molar-refractivity contribution in [2.45, 2.75) is 96.7 Å². The monoisotopic (exact) mass is 817 g/mol. The molecule has 6 rings (SSSR count). The Balaban J connectivity index is 1.24. The summed E-state index contributed by atoms with van der Waals surface area (Å²) in [4.78, 5) is 48.9. The van der Waals surface area contributed by atoms with Gasteiger partial charge in [0.25, 0.3) is 0 Å². The van der Waals surface area contributed by atoms with Crippen LogP contribution in [-0.2, 0) is 32.2 Å². The van der Waals surface area contributed by atoms with Crippen LogP contribution in [0.4, 0.5) is 4.79 Å². The number of halogens is 2. The molecule has 1 saturated carbocycles. The molecule has 0 radical (unpaired) electrons. The van der Waals surface area contributed by atoms with Crippen molar-refractivity contribution in [1.29, 1.82) is 0 Å². The van der Waals surface area contributed by atoms with E-state index in [1.165, 1.54) is 7.11 Å². The number of rotatable bonds is 14. The molecule has 0 bridgehead atoms. The van der Waals surface area contributed by atoms with Gasteiger partial charge in [-0.25, -0.2) is 9.78 Å². The molecule has 57 heavy (non-hydrogen) atoms. The Morgan fingerprint density at radius 1 is 0.982 bits per heavy atom. The molecule has 2 aromatic heterocycles. The van der Waals surface area contributed by atoms with Crippen LogP contribution in [0.1, 0.15) is 71.4 Å². The number of nitrogens with one attached hydrogen (secondary N) is 2. The first-order valence-corrected chi connectivity index (χ1v) is 19.8. The molecule has 1 saturated heterocycles. The zero-order valence-electron chi connectivity index (χ0n) is 33.3. The molecule has 0 spiro atoms. The summed E-state index contributed by atoms with van der Waals surface area (Å²) >= 11 is 14.3. The molecule has 1 atom stereocenters. The van der Waals surface area contributed by atoms with Gasteiger partial charge in [-0.05, 0) is 78.1 Å². The van der Waals surface area contributed by atoms with Gasteiger partial charge < -0.3 is 29.2 Å². The average molecular weight is 819 g/mol. The molecule has 302 valence electrons. The molecule has 1 aliphatic heterocycles. The zero-order valence-corrected chi connectivity index (χ0v) is 34.8. The maximum atomic E-state index is 13.3. The number of pyridine rings is 2. The third kappa shape index (κ3) is 9.80. The molecule has 14 heteroatoms. The van der Waals surface area contributed by atoms with Gasteiger partial charge in [0.1, 0.15) is 16.9 Å². The van der Waals surface area contributed by atoms with Crippen LogP contribution in [0, 0.1) is 0 Å². The van der Waals surface area contributed by atoms with Gasteiger partial charge in [0.05, 0.1) is 48.3 Å². The smallest absolute Gasteiger partial charge is 0.410 e. The SMILES string of the molecule is COc1cc(-c2nccc(-c3cccc(-c4ccc(CN(C[C@@H]5CCC(=O)N5)C(=O)OC(C)(C)C)c(OC)n4)c3Cl)c2Cl)ccc1CNC1(C(=O)OC(C)C)CC1. The average Bonchev–Trinajstić information content (AvgIpc) is 3.86. The van der Waals surface area contributed by atoms with Crippen molar-refractivity contribution in [2.24, 2.45) is 0 Å². The number of nitrogens with zero attached hydrogens (tertiary/aromatic N) is 3. The lowest BCUT2D eigenvalue weighted by Crippen LogP contribution is -2.43. The maximum absolute atomic E-state index is 13.3. The van der Waals surface area contributed by atoms with Crippen LogP contribution in [0.3, 0.4) is 0 Å². The number of carbonyl (C=O) groups is 3. The third-order valence-corrected chi connectivity index (χ3v) is 10.6. The first-order valence-electron chi connectivity index (χ1n) is 19.0. The first-order chi connectivity index (χ1) is 27.1. The normalized spacial score (nSPS) is 15.9. The fraction of sp³-hybridized carbons (Fsp3) is 0.419. The summed E-state index contributed by atoms with van der Waals surface area (Å²) < 4.78 is 22.7. The molecule has 4 aromatic rings. The van der Waals surface area contributed by atoms with Crippen molar-refractivity contribution in [3.63, 3.8) is 0 Å². The second-order valence-electron chi connectivity index (χ2n) is 15.6. The number of hydrogen-bond acceptors (Lipinski definition) is 10. The van der Waals surface area contributed by atoms with E-state index in [9.17, 15) is 14.4 Å². The highest BCUT2D eigenvalue weighted by Gasteiger charge is 2.51. The second-order valence-corrected chi connectivity index (χ2v) is 16.4. The molecule has 2 amide bonds. The highest BCUT2D eigenvalue weighted by molar-refractivity contribution is 6.39. The number of amides is 2.